The molecule has 5 heteroatoms. The van der Waals surface area contributed by atoms with Gasteiger partial charge in [0.15, 0.2) is 5.75 Å². The van der Waals surface area contributed by atoms with Crippen LogP contribution in [0.1, 0.15) is 70.5 Å². The van der Waals surface area contributed by atoms with Crippen molar-refractivity contribution in [2.45, 2.75) is 71.4 Å². The van der Waals surface area contributed by atoms with Crippen LogP contribution < -0.4 is 16.0 Å². The lowest BCUT2D eigenvalue weighted by molar-refractivity contribution is 0.382. The molecule has 0 saturated carbocycles. The molecule has 0 fully saturated rings. The molecule has 1 rings (SSSR count). The summed E-state index contributed by atoms with van der Waals surface area (Å²) in [5, 5.41) is 4.34. The first kappa shape index (κ1) is 17.0. The molecular formula is C15H30N4O. The molecule has 20 heavy (non-hydrogen) atoms. The van der Waals surface area contributed by atoms with Crippen molar-refractivity contribution in [3.05, 3.63) is 11.9 Å². The monoisotopic (exact) mass is 282 g/mol. The van der Waals surface area contributed by atoms with Crippen LogP contribution in [-0.4, -0.2) is 16.9 Å². The number of nitrogens with one attached hydrogen (secondary N) is 1. The van der Waals surface area contributed by atoms with E-state index in [-0.39, 0.29) is 6.04 Å². The van der Waals surface area contributed by atoms with E-state index in [2.05, 4.69) is 24.4 Å². The van der Waals surface area contributed by atoms with Gasteiger partial charge in [-0.3, -0.25) is 16.0 Å². The van der Waals surface area contributed by atoms with Crippen molar-refractivity contribution in [3.63, 3.8) is 0 Å². The van der Waals surface area contributed by atoms with Crippen molar-refractivity contribution in [2.75, 3.05) is 7.11 Å². The summed E-state index contributed by atoms with van der Waals surface area (Å²) in [6.45, 7) is 5.15. The highest BCUT2D eigenvalue weighted by molar-refractivity contribution is 5.28. The first-order valence-electron chi connectivity index (χ1n) is 7.84. The summed E-state index contributed by atoms with van der Waals surface area (Å²) in [5.74, 6) is 6.55. The molecule has 0 bridgehead atoms. The summed E-state index contributed by atoms with van der Waals surface area (Å²) >= 11 is 0. The molecule has 0 radical (unpaired) electrons. The van der Waals surface area contributed by atoms with E-state index in [1.807, 2.05) is 4.68 Å². The molecule has 0 saturated heterocycles. The largest absolute Gasteiger partial charge is 0.493 e. The zero-order valence-corrected chi connectivity index (χ0v) is 13.2. The van der Waals surface area contributed by atoms with Gasteiger partial charge in [-0.05, 0) is 13.3 Å². The van der Waals surface area contributed by atoms with Crippen molar-refractivity contribution in [2.24, 2.45) is 5.84 Å². The van der Waals surface area contributed by atoms with Gasteiger partial charge in [0.2, 0.25) is 0 Å². The van der Waals surface area contributed by atoms with Crippen LogP contribution in [0.15, 0.2) is 6.20 Å². The van der Waals surface area contributed by atoms with E-state index in [1.54, 1.807) is 13.3 Å². The molecule has 0 aliphatic rings. The molecule has 1 atom stereocenters. The van der Waals surface area contributed by atoms with Crippen LogP contribution in [0.25, 0.3) is 0 Å². The lowest BCUT2D eigenvalue weighted by Gasteiger charge is -2.18. The summed E-state index contributed by atoms with van der Waals surface area (Å²) in [6, 6.07) is 0.110. The SMILES string of the molecule is CCCCCCCCC(NN)c1c(OC)cnn1CC. The van der Waals surface area contributed by atoms with E-state index < -0.39 is 0 Å². The molecule has 3 N–H and O–H groups in total. The average molecular weight is 282 g/mol. The molecule has 1 aromatic heterocycles. The van der Waals surface area contributed by atoms with Gasteiger partial charge in [0.05, 0.1) is 25.0 Å². The van der Waals surface area contributed by atoms with Gasteiger partial charge >= 0.3 is 0 Å². The average Bonchev–Trinajstić information content (AvgIpc) is 2.89. The van der Waals surface area contributed by atoms with Crippen molar-refractivity contribution >= 4 is 0 Å². The Hall–Kier alpha value is -1.07. The van der Waals surface area contributed by atoms with Crippen LogP contribution in [0.5, 0.6) is 5.75 Å². The fraction of sp³-hybridized carbons (Fsp3) is 0.800. The highest BCUT2D eigenvalue weighted by Gasteiger charge is 2.20. The number of hydrogen-bond donors (Lipinski definition) is 2. The molecule has 1 aromatic rings. The summed E-state index contributed by atoms with van der Waals surface area (Å²) in [7, 11) is 1.68. The normalized spacial score (nSPS) is 12.6. The number of hydrogen-bond acceptors (Lipinski definition) is 4. The molecule has 0 aliphatic carbocycles. The minimum Gasteiger partial charge on any atom is -0.493 e. The second-order valence-corrected chi connectivity index (χ2v) is 5.19. The number of aromatic nitrogens is 2. The molecule has 5 nitrogen and oxygen atoms in total. The summed E-state index contributed by atoms with van der Waals surface area (Å²) in [4.78, 5) is 0. The summed E-state index contributed by atoms with van der Waals surface area (Å²) in [6.07, 6.45) is 10.5. The molecule has 1 heterocycles. The van der Waals surface area contributed by atoms with E-state index in [0.717, 1.165) is 24.4 Å². The highest BCUT2D eigenvalue weighted by atomic mass is 16.5. The zero-order chi connectivity index (χ0) is 14.8. The van der Waals surface area contributed by atoms with E-state index in [4.69, 9.17) is 10.6 Å². The number of ether oxygens (including phenoxy) is 1. The number of nitrogens with two attached hydrogens (primary N) is 1. The number of unbranched alkanes of at least 4 members (excludes halogenated alkanes) is 5. The minimum atomic E-state index is 0.110. The molecule has 0 amide bonds. The van der Waals surface area contributed by atoms with Gasteiger partial charge in [0.1, 0.15) is 0 Å². The predicted octanol–water partition coefficient (Wildman–Crippen LogP) is 3.17. The third-order valence-electron chi connectivity index (χ3n) is 3.74. The maximum atomic E-state index is 5.73. The number of hydrazine groups is 1. The molecule has 1 unspecified atom stereocenters. The molecule has 0 aromatic carbocycles. The lowest BCUT2D eigenvalue weighted by Crippen LogP contribution is -2.30. The van der Waals surface area contributed by atoms with Gasteiger partial charge < -0.3 is 4.74 Å². The summed E-state index contributed by atoms with van der Waals surface area (Å²) in [5.41, 5.74) is 3.98. The number of rotatable bonds is 11. The van der Waals surface area contributed by atoms with Crippen molar-refractivity contribution in [1.29, 1.82) is 0 Å². The number of nitrogens with zero attached hydrogens (tertiary/aromatic N) is 2. The van der Waals surface area contributed by atoms with Gasteiger partial charge in [0, 0.05) is 6.54 Å². The Morgan fingerprint density at radius 3 is 2.55 bits per heavy atom. The third kappa shape index (κ3) is 4.80. The molecule has 0 spiro atoms. The Morgan fingerprint density at radius 1 is 1.25 bits per heavy atom. The van der Waals surface area contributed by atoms with Crippen LogP contribution in [0.2, 0.25) is 0 Å². The number of methoxy groups -OCH3 is 1. The van der Waals surface area contributed by atoms with Crippen LogP contribution in [0.3, 0.4) is 0 Å². The van der Waals surface area contributed by atoms with Crippen molar-refractivity contribution in [3.8, 4) is 5.75 Å². The smallest absolute Gasteiger partial charge is 0.161 e. The van der Waals surface area contributed by atoms with E-state index in [1.165, 1.54) is 38.5 Å². The Morgan fingerprint density at radius 2 is 1.95 bits per heavy atom. The Kier molecular flexibility index (Phi) is 8.30. The van der Waals surface area contributed by atoms with Gasteiger partial charge in [0.25, 0.3) is 0 Å². The van der Waals surface area contributed by atoms with Crippen LogP contribution in [-0.2, 0) is 6.54 Å². The van der Waals surface area contributed by atoms with Gasteiger partial charge in [-0.2, -0.15) is 5.10 Å². The standard InChI is InChI=1S/C15H30N4O/c1-4-6-7-8-9-10-11-13(18-16)15-14(20-3)12-17-19(15)5-2/h12-13,18H,4-11,16H2,1-3H3. The first-order valence-corrected chi connectivity index (χ1v) is 7.84. The Labute approximate surface area is 122 Å². The molecule has 0 aliphatic heterocycles. The van der Waals surface area contributed by atoms with Crippen molar-refractivity contribution in [1.82, 2.24) is 15.2 Å². The second-order valence-electron chi connectivity index (χ2n) is 5.19. The topological polar surface area (TPSA) is 65.1 Å². The van der Waals surface area contributed by atoms with E-state index >= 15 is 0 Å². The summed E-state index contributed by atoms with van der Waals surface area (Å²) < 4.78 is 7.35. The molecular weight excluding hydrogens is 252 g/mol. The fourth-order valence-corrected chi connectivity index (χ4v) is 2.57. The van der Waals surface area contributed by atoms with Gasteiger partial charge in [-0.15, -0.1) is 0 Å². The predicted molar refractivity (Wildman–Crippen MR) is 82.5 cm³/mol. The quantitative estimate of drug-likeness (QED) is 0.372. The zero-order valence-electron chi connectivity index (χ0n) is 13.2. The first-order chi connectivity index (χ1) is 9.78. The van der Waals surface area contributed by atoms with E-state index in [9.17, 15) is 0 Å². The van der Waals surface area contributed by atoms with Crippen LogP contribution >= 0.6 is 0 Å². The van der Waals surface area contributed by atoms with Crippen molar-refractivity contribution < 1.29 is 4.74 Å². The number of aryl methyl sites for hydroxylation is 1. The Bertz CT molecular complexity index is 343. The maximum Gasteiger partial charge on any atom is 0.161 e. The highest BCUT2D eigenvalue weighted by Crippen LogP contribution is 2.28. The van der Waals surface area contributed by atoms with Gasteiger partial charge in [-0.25, -0.2) is 0 Å². The second kappa shape index (κ2) is 9.77. The lowest BCUT2D eigenvalue weighted by atomic mass is 10.0. The minimum absolute atomic E-state index is 0.110. The van der Waals surface area contributed by atoms with Gasteiger partial charge in [-0.1, -0.05) is 45.4 Å². The molecule has 116 valence electrons. The maximum absolute atomic E-state index is 5.73. The van der Waals surface area contributed by atoms with Crippen LogP contribution in [0.4, 0.5) is 0 Å². The van der Waals surface area contributed by atoms with Crippen LogP contribution in [0, 0.1) is 0 Å². The Balaban J connectivity index is 2.51. The fourth-order valence-electron chi connectivity index (χ4n) is 2.57. The van der Waals surface area contributed by atoms with E-state index in [0.29, 0.717) is 0 Å². The third-order valence-corrected chi connectivity index (χ3v) is 3.74.